The molecule has 2 heterocycles. The standard InChI is InChI=1S/C32H31F4N5O/c1-19-13-23(8-9-27(19)33)28(22-6-7-22)39-30(42)25-15-21(18-41-12-11-40(31(41)37)17-20-4-5-20)14-24(16-25)26-3-2-10-38-29(26)32(34,35)36/h2-3,8-16,20,22,28,37H,4-7,17-18H2,1H3,(H,39,42)/t28-/m0/s1. The summed E-state index contributed by atoms with van der Waals surface area (Å²) in [6.07, 6.45) is 4.15. The van der Waals surface area contributed by atoms with Crippen LogP contribution in [-0.2, 0) is 19.3 Å². The third-order valence-corrected chi connectivity index (χ3v) is 8.04. The number of amides is 1. The SMILES string of the molecule is Cc1cc([C@@H](NC(=O)c2cc(Cn3ccn(CC4CC4)c3=N)cc(-c3cccnc3C(F)(F)F)c2)C2CC2)ccc1F. The van der Waals surface area contributed by atoms with Gasteiger partial charge in [0.25, 0.3) is 5.91 Å². The summed E-state index contributed by atoms with van der Waals surface area (Å²) in [5.74, 6) is 0.0106. The average molecular weight is 578 g/mol. The number of nitrogens with one attached hydrogen (secondary N) is 2. The first kappa shape index (κ1) is 27.9. The van der Waals surface area contributed by atoms with Gasteiger partial charge in [-0.15, -0.1) is 0 Å². The fraction of sp³-hybridized carbons (Fsp3) is 0.344. The highest BCUT2D eigenvalue weighted by molar-refractivity contribution is 5.96. The second-order valence-corrected chi connectivity index (χ2v) is 11.5. The van der Waals surface area contributed by atoms with Gasteiger partial charge in [-0.1, -0.05) is 18.2 Å². The number of carbonyl (C=O) groups excluding carboxylic acids is 1. The van der Waals surface area contributed by atoms with E-state index in [4.69, 9.17) is 5.41 Å². The summed E-state index contributed by atoms with van der Waals surface area (Å²) >= 11 is 0. The van der Waals surface area contributed by atoms with Crippen LogP contribution >= 0.6 is 0 Å². The van der Waals surface area contributed by atoms with E-state index in [2.05, 4.69) is 10.3 Å². The molecule has 6 nitrogen and oxygen atoms in total. The Bertz CT molecular complexity index is 1700. The van der Waals surface area contributed by atoms with Gasteiger partial charge in [0.15, 0.2) is 5.69 Å². The van der Waals surface area contributed by atoms with Gasteiger partial charge in [-0.05, 0) is 97.0 Å². The first-order valence-electron chi connectivity index (χ1n) is 14.1. The van der Waals surface area contributed by atoms with Gasteiger partial charge in [-0.2, -0.15) is 13.2 Å². The summed E-state index contributed by atoms with van der Waals surface area (Å²) in [6.45, 7) is 2.63. The molecule has 1 atom stereocenters. The van der Waals surface area contributed by atoms with E-state index < -0.39 is 17.8 Å². The number of nitrogens with zero attached hydrogens (tertiary/aromatic N) is 3. The number of benzene rings is 2. The highest BCUT2D eigenvalue weighted by Gasteiger charge is 2.36. The number of rotatable bonds is 9. The van der Waals surface area contributed by atoms with Crippen LogP contribution in [0.4, 0.5) is 17.6 Å². The Labute approximate surface area is 240 Å². The Morgan fingerprint density at radius 3 is 2.52 bits per heavy atom. The number of imidazole rings is 1. The lowest BCUT2D eigenvalue weighted by molar-refractivity contribution is -0.140. The van der Waals surface area contributed by atoms with Crippen molar-refractivity contribution in [1.29, 1.82) is 5.41 Å². The fourth-order valence-electron chi connectivity index (χ4n) is 5.44. The van der Waals surface area contributed by atoms with Gasteiger partial charge in [0.1, 0.15) is 5.82 Å². The molecule has 2 saturated carbocycles. The quantitative estimate of drug-likeness (QED) is 0.219. The zero-order valence-electron chi connectivity index (χ0n) is 23.1. The molecule has 10 heteroatoms. The molecule has 2 aromatic carbocycles. The van der Waals surface area contributed by atoms with E-state index in [-0.39, 0.29) is 46.6 Å². The smallest absolute Gasteiger partial charge is 0.345 e. The lowest BCUT2D eigenvalue weighted by atomic mass is 9.96. The lowest BCUT2D eigenvalue weighted by Gasteiger charge is -2.20. The van der Waals surface area contributed by atoms with Gasteiger partial charge >= 0.3 is 6.18 Å². The van der Waals surface area contributed by atoms with E-state index >= 15 is 0 Å². The fourth-order valence-corrected chi connectivity index (χ4v) is 5.44. The van der Waals surface area contributed by atoms with Crippen LogP contribution in [0.5, 0.6) is 0 Å². The topological polar surface area (TPSA) is 75.7 Å². The highest BCUT2D eigenvalue weighted by Crippen LogP contribution is 2.42. The number of hydrogen-bond donors (Lipinski definition) is 2. The first-order chi connectivity index (χ1) is 20.1. The van der Waals surface area contributed by atoms with E-state index in [1.807, 2.05) is 10.8 Å². The molecular formula is C32H31F4N5O. The molecule has 0 aliphatic heterocycles. The third kappa shape index (κ3) is 6.03. The van der Waals surface area contributed by atoms with Crippen LogP contribution in [0.25, 0.3) is 11.1 Å². The number of alkyl halides is 3. The average Bonchev–Trinajstić information content (AvgIpc) is 3.89. The summed E-state index contributed by atoms with van der Waals surface area (Å²) < 4.78 is 59.3. The number of hydrogen-bond acceptors (Lipinski definition) is 3. The van der Waals surface area contributed by atoms with Crippen LogP contribution in [0.3, 0.4) is 0 Å². The molecule has 1 amide bonds. The Hall–Kier alpha value is -4.21. The number of carbonyl (C=O) groups is 1. The molecular weight excluding hydrogens is 546 g/mol. The molecule has 42 heavy (non-hydrogen) atoms. The molecule has 0 radical (unpaired) electrons. The zero-order chi connectivity index (χ0) is 29.6. The van der Waals surface area contributed by atoms with Crippen LogP contribution in [-0.4, -0.2) is 20.0 Å². The summed E-state index contributed by atoms with van der Waals surface area (Å²) in [4.78, 5) is 17.3. The van der Waals surface area contributed by atoms with Crippen LogP contribution in [0.1, 0.15) is 64.5 Å². The summed E-state index contributed by atoms with van der Waals surface area (Å²) in [6, 6.07) is 11.9. The van der Waals surface area contributed by atoms with Crippen LogP contribution in [0, 0.1) is 30.0 Å². The van der Waals surface area contributed by atoms with E-state index in [1.54, 1.807) is 42.0 Å². The van der Waals surface area contributed by atoms with Gasteiger partial charge < -0.3 is 14.5 Å². The van der Waals surface area contributed by atoms with Crippen LogP contribution < -0.4 is 10.9 Å². The maximum absolute atomic E-state index is 14.0. The molecule has 218 valence electrons. The molecule has 2 aromatic heterocycles. The van der Waals surface area contributed by atoms with E-state index in [1.165, 1.54) is 24.3 Å². The third-order valence-electron chi connectivity index (χ3n) is 8.04. The summed E-state index contributed by atoms with van der Waals surface area (Å²) in [5, 5.41) is 11.7. The van der Waals surface area contributed by atoms with Gasteiger partial charge in [-0.25, -0.2) is 4.39 Å². The summed E-state index contributed by atoms with van der Waals surface area (Å²) in [7, 11) is 0. The van der Waals surface area contributed by atoms with Crippen molar-refractivity contribution in [3.8, 4) is 11.1 Å². The van der Waals surface area contributed by atoms with E-state index in [9.17, 15) is 22.4 Å². The maximum atomic E-state index is 14.0. The van der Waals surface area contributed by atoms with E-state index in [0.29, 0.717) is 17.0 Å². The molecule has 0 bridgehead atoms. The van der Waals surface area contributed by atoms with Crippen LogP contribution in [0.2, 0.25) is 0 Å². The monoisotopic (exact) mass is 577 g/mol. The Morgan fingerprint density at radius 1 is 1.07 bits per heavy atom. The molecule has 2 fully saturated rings. The van der Waals surface area contributed by atoms with Gasteiger partial charge in [0.2, 0.25) is 5.62 Å². The summed E-state index contributed by atoms with van der Waals surface area (Å²) in [5.41, 5.74) is 1.39. The second kappa shape index (κ2) is 10.9. The van der Waals surface area contributed by atoms with Gasteiger partial charge in [0, 0.05) is 36.3 Å². The normalized spacial score (nSPS) is 15.9. The number of aromatic nitrogens is 3. The van der Waals surface area contributed by atoms with Crippen LogP contribution in [0.15, 0.2) is 67.1 Å². The minimum atomic E-state index is -4.68. The van der Waals surface area contributed by atoms with Crippen molar-refractivity contribution in [2.45, 2.75) is 57.9 Å². The Balaban J connectivity index is 1.37. The number of halogens is 4. The molecule has 2 aliphatic carbocycles. The van der Waals surface area contributed by atoms with Crippen molar-refractivity contribution in [3.05, 3.63) is 107 Å². The van der Waals surface area contributed by atoms with Crippen molar-refractivity contribution in [1.82, 2.24) is 19.4 Å². The minimum Gasteiger partial charge on any atom is -0.345 e. The number of aryl methyl sites for hydroxylation is 1. The predicted molar refractivity (Wildman–Crippen MR) is 149 cm³/mol. The Morgan fingerprint density at radius 2 is 1.83 bits per heavy atom. The highest BCUT2D eigenvalue weighted by atomic mass is 19.4. The first-order valence-corrected chi connectivity index (χ1v) is 14.1. The molecule has 4 aromatic rings. The zero-order valence-corrected chi connectivity index (χ0v) is 23.1. The van der Waals surface area contributed by atoms with Gasteiger partial charge in [0.05, 0.1) is 12.6 Å². The van der Waals surface area contributed by atoms with Crippen molar-refractivity contribution in [2.75, 3.05) is 0 Å². The number of pyridine rings is 1. The molecule has 0 unspecified atom stereocenters. The molecule has 0 spiro atoms. The van der Waals surface area contributed by atoms with Gasteiger partial charge in [-0.3, -0.25) is 15.2 Å². The predicted octanol–water partition coefficient (Wildman–Crippen LogP) is 6.64. The largest absolute Gasteiger partial charge is 0.433 e. The molecule has 2 N–H and O–H groups in total. The molecule has 2 aliphatic rings. The van der Waals surface area contributed by atoms with Crippen molar-refractivity contribution >= 4 is 5.91 Å². The van der Waals surface area contributed by atoms with E-state index in [0.717, 1.165) is 44.0 Å². The van der Waals surface area contributed by atoms with Crippen molar-refractivity contribution in [2.24, 2.45) is 11.8 Å². The van der Waals surface area contributed by atoms with Crippen molar-refractivity contribution in [3.63, 3.8) is 0 Å². The second-order valence-electron chi connectivity index (χ2n) is 11.5. The molecule has 6 rings (SSSR count). The Kier molecular flexibility index (Phi) is 7.24. The maximum Gasteiger partial charge on any atom is 0.433 e. The van der Waals surface area contributed by atoms with Crippen molar-refractivity contribution < 1.29 is 22.4 Å². The minimum absolute atomic E-state index is 0.129. The molecule has 0 saturated heterocycles. The lowest BCUT2D eigenvalue weighted by Crippen LogP contribution is -2.30.